The summed E-state index contributed by atoms with van der Waals surface area (Å²) in [5.41, 5.74) is 0.977. The van der Waals surface area contributed by atoms with Crippen LogP contribution in [0.1, 0.15) is 67.8 Å². The van der Waals surface area contributed by atoms with Gasteiger partial charge in [0.25, 0.3) is 0 Å². The Hall–Kier alpha value is -3.26. The molecule has 0 unspecified atom stereocenters. The van der Waals surface area contributed by atoms with Gasteiger partial charge in [0.1, 0.15) is 22.8 Å². The van der Waals surface area contributed by atoms with Crippen molar-refractivity contribution < 1.29 is 29.7 Å². The summed E-state index contributed by atoms with van der Waals surface area (Å²) in [4.78, 5) is 39.4. The van der Waals surface area contributed by atoms with Crippen LogP contribution in [-0.2, 0) is 9.59 Å². The zero-order valence-corrected chi connectivity index (χ0v) is 23.1. The van der Waals surface area contributed by atoms with E-state index in [0.29, 0.717) is 18.8 Å². The van der Waals surface area contributed by atoms with E-state index in [-0.39, 0.29) is 34.5 Å². The number of carboxylic acids is 1. The van der Waals surface area contributed by atoms with Crippen LogP contribution in [0.3, 0.4) is 0 Å². The Morgan fingerprint density at radius 1 is 1.15 bits per heavy atom. The van der Waals surface area contributed by atoms with Crippen molar-refractivity contribution in [3.63, 3.8) is 0 Å². The molecule has 0 aromatic heterocycles. The van der Waals surface area contributed by atoms with Gasteiger partial charge in [-0.1, -0.05) is 36.8 Å². The summed E-state index contributed by atoms with van der Waals surface area (Å²) < 4.78 is 0. The Morgan fingerprint density at radius 2 is 1.87 bits per heavy atom. The normalized spacial score (nSPS) is 29.6. The lowest BCUT2D eigenvalue weighted by Gasteiger charge is -2.64. The minimum absolute atomic E-state index is 0.00633. The van der Waals surface area contributed by atoms with Gasteiger partial charge in [0.05, 0.1) is 0 Å². The molecule has 5 atom stereocenters. The number of hydrogen-bond acceptors (Lipinski definition) is 6. The van der Waals surface area contributed by atoms with Crippen LogP contribution in [0.25, 0.3) is 0 Å². The maximum atomic E-state index is 13.9. The molecule has 1 amide bonds. The maximum Gasteiger partial charge on any atom is 0.339 e. The number of aromatic hydroxyl groups is 2. The van der Waals surface area contributed by atoms with Crippen LogP contribution in [0.4, 0.5) is 5.69 Å². The Bertz CT molecular complexity index is 1350. The summed E-state index contributed by atoms with van der Waals surface area (Å²) in [5.74, 6) is -2.30. The largest absolute Gasteiger partial charge is 0.506 e. The Morgan fingerprint density at radius 3 is 2.54 bits per heavy atom. The lowest BCUT2D eigenvalue weighted by molar-refractivity contribution is -0.151. The number of rotatable bonds is 7. The van der Waals surface area contributed by atoms with E-state index in [1.807, 2.05) is 6.92 Å². The van der Waals surface area contributed by atoms with Crippen LogP contribution in [0.5, 0.6) is 11.5 Å². The van der Waals surface area contributed by atoms with Crippen molar-refractivity contribution in [3.8, 4) is 11.5 Å². The summed E-state index contributed by atoms with van der Waals surface area (Å²) in [6, 6.07) is 10.6. The molecule has 2 aromatic carbocycles. The van der Waals surface area contributed by atoms with Crippen LogP contribution in [0.15, 0.2) is 53.4 Å². The number of phenolic OH excluding ortho intramolecular Hbond substituents is 1. The highest BCUT2D eigenvalue weighted by atomic mass is 32.2. The molecule has 4 aliphatic rings. The van der Waals surface area contributed by atoms with E-state index in [9.17, 15) is 29.7 Å². The number of anilines is 1. The van der Waals surface area contributed by atoms with Crippen molar-refractivity contribution in [2.24, 2.45) is 22.7 Å². The Labute approximate surface area is 232 Å². The van der Waals surface area contributed by atoms with Gasteiger partial charge in [0, 0.05) is 28.4 Å². The smallest absolute Gasteiger partial charge is 0.339 e. The average molecular weight is 550 g/mol. The van der Waals surface area contributed by atoms with Crippen molar-refractivity contribution in [2.45, 2.75) is 68.9 Å². The number of amides is 1. The first kappa shape index (κ1) is 27.3. The number of carbonyl (C=O) groups excluding carboxylic acids is 2. The second-order valence-corrected chi connectivity index (χ2v) is 13.0. The number of Topliss-reactive ketones (excluding diaryl/α,β-unsaturated/α-hetero) is 1. The third-order valence-electron chi connectivity index (χ3n) is 9.55. The second-order valence-electron chi connectivity index (χ2n) is 11.8. The molecule has 0 heterocycles. The highest BCUT2D eigenvalue weighted by Crippen LogP contribution is 2.68. The van der Waals surface area contributed by atoms with Crippen molar-refractivity contribution in [1.82, 2.24) is 0 Å². The van der Waals surface area contributed by atoms with Crippen LogP contribution in [0, 0.1) is 29.6 Å². The molecular formula is C31H35NO6S. The van der Waals surface area contributed by atoms with Gasteiger partial charge in [0.2, 0.25) is 5.91 Å². The molecule has 2 aromatic rings. The number of carbonyl (C=O) groups is 3. The van der Waals surface area contributed by atoms with Crippen molar-refractivity contribution in [2.75, 3.05) is 5.32 Å². The number of benzene rings is 2. The molecule has 2 bridgehead atoms. The van der Waals surface area contributed by atoms with Crippen molar-refractivity contribution in [1.29, 1.82) is 0 Å². The fourth-order valence-corrected chi connectivity index (χ4v) is 8.76. The molecule has 7 nitrogen and oxygen atoms in total. The van der Waals surface area contributed by atoms with E-state index in [1.165, 1.54) is 11.1 Å². The molecular weight excluding hydrogens is 514 g/mol. The van der Waals surface area contributed by atoms with Gasteiger partial charge in [-0.2, -0.15) is 0 Å². The predicted molar refractivity (Wildman–Crippen MR) is 150 cm³/mol. The van der Waals surface area contributed by atoms with Crippen molar-refractivity contribution >= 4 is 35.1 Å². The van der Waals surface area contributed by atoms with Gasteiger partial charge in [-0.05, 0) is 80.5 Å². The maximum absolute atomic E-state index is 13.9. The average Bonchev–Trinajstić information content (AvgIpc) is 2.89. The van der Waals surface area contributed by atoms with Crippen molar-refractivity contribution in [3.05, 3.63) is 59.7 Å². The zero-order valence-electron chi connectivity index (χ0n) is 22.3. The Kier molecular flexibility index (Phi) is 7.04. The lowest BCUT2D eigenvalue weighted by atomic mass is 9.42. The van der Waals surface area contributed by atoms with E-state index in [2.05, 4.69) is 43.1 Å². The minimum Gasteiger partial charge on any atom is -0.506 e. The van der Waals surface area contributed by atoms with Gasteiger partial charge in [-0.3, -0.25) is 9.59 Å². The van der Waals surface area contributed by atoms with Crippen LogP contribution >= 0.6 is 11.8 Å². The first-order chi connectivity index (χ1) is 18.4. The lowest BCUT2D eigenvalue weighted by Crippen LogP contribution is -2.61. The molecule has 0 radical (unpaired) electrons. The van der Waals surface area contributed by atoms with Gasteiger partial charge in [-0.15, -0.1) is 11.8 Å². The summed E-state index contributed by atoms with van der Waals surface area (Å²) in [6.07, 6.45) is 4.72. The molecule has 4 N–H and O–H groups in total. The molecule has 4 saturated carbocycles. The van der Waals surface area contributed by atoms with Gasteiger partial charge < -0.3 is 20.6 Å². The van der Waals surface area contributed by atoms with E-state index >= 15 is 0 Å². The third-order valence-corrected chi connectivity index (χ3v) is 11.0. The molecule has 206 valence electrons. The number of phenols is 2. The van der Waals surface area contributed by atoms with Gasteiger partial charge >= 0.3 is 5.97 Å². The Balaban J connectivity index is 1.37. The fourth-order valence-electron chi connectivity index (χ4n) is 7.30. The van der Waals surface area contributed by atoms with E-state index in [4.69, 9.17) is 0 Å². The quantitative estimate of drug-likeness (QED) is 0.235. The topological polar surface area (TPSA) is 124 Å². The first-order valence-electron chi connectivity index (χ1n) is 13.5. The minimum atomic E-state index is -1.37. The first-order valence-corrected chi connectivity index (χ1v) is 14.3. The highest BCUT2D eigenvalue weighted by molar-refractivity contribution is 8.00. The number of hydrogen-bond donors (Lipinski definition) is 4. The number of aryl methyl sites for hydroxylation is 1. The molecule has 8 heteroatoms. The van der Waals surface area contributed by atoms with E-state index < -0.39 is 34.4 Å². The number of ketones is 1. The van der Waals surface area contributed by atoms with E-state index in [0.717, 1.165) is 42.7 Å². The van der Waals surface area contributed by atoms with Crippen LogP contribution in [0.2, 0.25) is 0 Å². The standard InChI is InChI=1S/C31H35NO6S/c1-17-4-6-20(7-5-17)39-25-15-24(34)30(3,23-14-19-10-13-31(23,25)16-18(19)2)12-11-26(35)32-27-22(33)9-8-21(28(27)36)29(37)38/h4-9,19,23,25,33,36H,2,10-16H2,1,3H3,(H,32,35)(H,37,38)/t19-,23+,25-,30-,31-/m0/s1. The molecule has 0 aliphatic heterocycles. The molecule has 0 saturated heterocycles. The summed E-state index contributed by atoms with van der Waals surface area (Å²) in [7, 11) is 0. The zero-order chi connectivity index (χ0) is 28.1. The predicted octanol–water partition coefficient (Wildman–Crippen LogP) is 6.33. The van der Waals surface area contributed by atoms with Gasteiger partial charge in [-0.25, -0.2) is 4.79 Å². The van der Waals surface area contributed by atoms with Crippen LogP contribution < -0.4 is 5.32 Å². The van der Waals surface area contributed by atoms with E-state index in [1.54, 1.807) is 11.8 Å². The molecule has 39 heavy (non-hydrogen) atoms. The monoisotopic (exact) mass is 549 g/mol. The number of fused-ring (bicyclic) bond motifs is 2. The highest BCUT2D eigenvalue weighted by Gasteiger charge is 2.63. The molecule has 6 rings (SSSR count). The molecule has 4 aliphatic carbocycles. The van der Waals surface area contributed by atoms with Gasteiger partial charge in [0.15, 0.2) is 5.75 Å². The second kappa shape index (κ2) is 10.0. The summed E-state index contributed by atoms with van der Waals surface area (Å²) in [6.45, 7) is 8.48. The summed E-state index contributed by atoms with van der Waals surface area (Å²) in [5, 5.41) is 32.3. The van der Waals surface area contributed by atoms with Crippen LogP contribution in [-0.4, -0.2) is 38.2 Å². The molecule has 4 fully saturated rings. The summed E-state index contributed by atoms with van der Waals surface area (Å²) >= 11 is 1.80. The number of carboxylic acid groups (broad SMARTS) is 1. The number of nitrogens with one attached hydrogen (secondary N) is 1. The number of aromatic carboxylic acids is 1. The number of thioether (sulfide) groups is 1. The third kappa shape index (κ3) is 4.73. The SMILES string of the molecule is C=C1C[C@@]23CC[C@H]1C[C@@H]2[C@](C)(CCC(=O)Nc1c(O)ccc(C(=O)O)c1O)C(=O)C[C@@H]3Sc1ccc(C)cc1. The number of allylic oxidation sites excluding steroid dienone is 1. The fraction of sp³-hybridized carbons (Fsp3) is 0.452. The molecule has 1 spiro atoms.